The molecule has 1 nitrogen and oxygen atoms in total. The smallest absolute Gasteiger partial charge is 0.160 e. The summed E-state index contributed by atoms with van der Waals surface area (Å²) >= 11 is 6.41. The van der Waals surface area contributed by atoms with Crippen molar-refractivity contribution in [1.82, 2.24) is 0 Å². The molecule has 0 saturated heterocycles. The van der Waals surface area contributed by atoms with Crippen LogP contribution in [0.4, 0.5) is 14.5 Å². The molecule has 0 aromatic heterocycles. The molecule has 0 fully saturated rings. The van der Waals surface area contributed by atoms with Crippen molar-refractivity contribution in [2.45, 2.75) is 57.9 Å². The molecular weight excluding hydrogens is 400 g/mol. The molecule has 0 N–H and O–H groups in total. The van der Waals surface area contributed by atoms with Crippen LogP contribution in [0.3, 0.4) is 0 Å². The molecule has 2 rings (SSSR count). The summed E-state index contributed by atoms with van der Waals surface area (Å²) in [6, 6.07) is 12.3. The van der Waals surface area contributed by atoms with Crippen LogP contribution in [0.1, 0.15) is 51.2 Å². The van der Waals surface area contributed by atoms with E-state index in [-0.39, 0.29) is 10.9 Å². The standard InChI is InChI=1S/C26H32ClF2N/c1-7-22(20-12-10-18(2)11-13-20)23(9-8-16-26(4,5)27)19(3)30(6)21-14-15-24(28)25(29)17-21/h7,10-15,17,19H,1,8-9,16H2,2-6H3/b23-22+. The van der Waals surface area contributed by atoms with Gasteiger partial charge in [-0.05, 0) is 75.8 Å². The fraction of sp³-hybridized carbons (Fsp3) is 0.385. The van der Waals surface area contributed by atoms with Crippen LogP contribution in [0, 0.1) is 18.6 Å². The third-order valence-corrected chi connectivity index (χ3v) is 5.71. The van der Waals surface area contributed by atoms with Gasteiger partial charge in [-0.25, -0.2) is 8.78 Å². The molecular formula is C26H32ClF2N. The first-order valence-corrected chi connectivity index (χ1v) is 10.7. The quantitative estimate of drug-likeness (QED) is 0.288. The Labute approximate surface area is 185 Å². The molecule has 0 spiro atoms. The zero-order valence-corrected chi connectivity index (χ0v) is 19.4. The predicted octanol–water partition coefficient (Wildman–Crippen LogP) is 7.93. The molecule has 162 valence electrons. The number of nitrogens with zero attached hydrogens (tertiary/aromatic N) is 1. The SMILES string of the molecule is C=C/C(=C(/CCCC(C)(C)Cl)C(C)N(C)c1ccc(F)c(F)c1)c1ccc(C)cc1. The lowest BCUT2D eigenvalue weighted by Gasteiger charge is -2.31. The Balaban J connectivity index is 2.45. The number of alkyl halides is 1. The van der Waals surface area contributed by atoms with Gasteiger partial charge in [-0.1, -0.05) is 42.5 Å². The fourth-order valence-electron chi connectivity index (χ4n) is 3.60. The average molecular weight is 432 g/mol. The largest absolute Gasteiger partial charge is 0.368 e. The van der Waals surface area contributed by atoms with Crippen molar-refractivity contribution in [2.24, 2.45) is 0 Å². The van der Waals surface area contributed by atoms with Gasteiger partial charge in [0.25, 0.3) is 0 Å². The lowest BCUT2D eigenvalue weighted by molar-refractivity contribution is 0.508. The highest BCUT2D eigenvalue weighted by atomic mass is 35.5. The highest BCUT2D eigenvalue weighted by Crippen LogP contribution is 2.32. The maximum atomic E-state index is 13.8. The summed E-state index contributed by atoms with van der Waals surface area (Å²) in [4.78, 5) is 1.71. The summed E-state index contributed by atoms with van der Waals surface area (Å²) in [5.41, 5.74) is 5.19. The van der Waals surface area contributed by atoms with E-state index < -0.39 is 11.6 Å². The summed E-state index contributed by atoms with van der Waals surface area (Å²) in [7, 11) is 1.90. The van der Waals surface area contributed by atoms with Crippen molar-refractivity contribution in [1.29, 1.82) is 0 Å². The number of rotatable bonds is 9. The Bertz CT molecular complexity index is 894. The van der Waals surface area contributed by atoms with E-state index in [1.54, 1.807) is 6.07 Å². The number of anilines is 1. The minimum atomic E-state index is -0.844. The van der Waals surface area contributed by atoms with Crippen LogP contribution in [-0.4, -0.2) is 18.0 Å². The number of aryl methyl sites for hydroxylation is 1. The van der Waals surface area contributed by atoms with E-state index in [0.29, 0.717) is 5.69 Å². The van der Waals surface area contributed by atoms with E-state index in [1.165, 1.54) is 23.3 Å². The van der Waals surface area contributed by atoms with Gasteiger partial charge in [0, 0.05) is 29.7 Å². The summed E-state index contributed by atoms with van der Waals surface area (Å²) in [5, 5.41) is 0. The van der Waals surface area contributed by atoms with E-state index in [4.69, 9.17) is 11.6 Å². The average Bonchev–Trinajstić information content (AvgIpc) is 2.68. The van der Waals surface area contributed by atoms with Gasteiger partial charge in [-0.2, -0.15) is 0 Å². The third kappa shape index (κ3) is 6.43. The minimum Gasteiger partial charge on any atom is -0.368 e. The fourth-order valence-corrected chi connectivity index (χ4v) is 3.73. The number of hydrogen-bond acceptors (Lipinski definition) is 1. The second-order valence-corrected chi connectivity index (χ2v) is 9.49. The van der Waals surface area contributed by atoms with Gasteiger partial charge in [0.05, 0.1) is 0 Å². The number of hydrogen-bond donors (Lipinski definition) is 0. The molecule has 0 aliphatic rings. The first-order chi connectivity index (χ1) is 14.0. The highest BCUT2D eigenvalue weighted by molar-refractivity contribution is 6.23. The van der Waals surface area contributed by atoms with Crippen molar-refractivity contribution < 1.29 is 8.78 Å². The van der Waals surface area contributed by atoms with Crippen LogP contribution < -0.4 is 4.90 Å². The van der Waals surface area contributed by atoms with Crippen LogP contribution >= 0.6 is 11.6 Å². The van der Waals surface area contributed by atoms with Gasteiger partial charge in [0.1, 0.15) is 0 Å². The Morgan fingerprint density at radius 3 is 2.30 bits per heavy atom. The molecule has 0 saturated carbocycles. The molecule has 1 unspecified atom stereocenters. The first kappa shape index (κ1) is 24.1. The maximum Gasteiger partial charge on any atom is 0.160 e. The van der Waals surface area contributed by atoms with Gasteiger partial charge >= 0.3 is 0 Å². The molecule has 4 heteroatoms. The third-order valence-electron chi connectivity index (χ3n) is 5.53. The van der Waals surface area contributed by atoms with Gasteiger partial charge in [0.2, 0.25) is 0 Å². The first-order valence-electron chi connectivity index (χ1n) is 10.3. The monoisotopic (exact) mass is 431 g/mol. The Morgan fingerprint density at radius 2 is 1.77 bits per heavy atom. The Kier molecular flexibility index (Phi) is 8.25. The van der Waals surface area contributed by atoms with E-state index in [9.17, 15) is 8.78 Å². The van der Waals surface area contributed by atoms with E-state index in [0.717, 1.165) is 30.4 Å². The van der Waals surface area contributed by atoms with Gasteiger partial charge in [-0.3, -0.25) is 0 Å². The predicted molar refractivity (Wildman–Crippen MR) is 126 cm³/mol. The second kappa shape index (κ2) is 10.3. The molecule has 0 aliphatic carbocycles. The summed E-state index contributed by atoms with van der Waals surface area (Å²) in [5.74, 6) is -1.69. The molecule has 0 bridgehead atoms. The number of benzene rings is 2. The molecule has 2 aromatic carbocycles. The lowest BCUT2D eigenvalue weighted by Crippen LogP contribution is -2.31. The molecule has 2 aromatic rings. The number of halogens is 3. The van der Waals surface area contributed by atoms with Crippen molar-refractivity contribution in [2.75, 3.05) is 11.9 Å². The number of likely N-dealkylation sites (N-methyl/N-ethyl adjacent to an activating group) is 1. The number of allylic oxidation sites excluding steroid dienone is 2. The minimum absolute atomic E-state index is 0.0393. The van der Waals surface area contributed by atoms with Crippen LogP contribution in [0.25, 0.3) is 5.57 Å². The zero-order chi connectivity index (χ0) is 22.5. The van der Waals surface area contributed by atoms with Crippen LogP contribution in [-0.2, 0) is 0 Å². The Hall–Kier alpha value is -2.13. The normalized spacial score (nSPS) is 13.6. The molecule has 0 radical (unpaired) electrons. The molecule has 1 atom stereocenters. The summed E-state index contributed by atoms with van der Waals surface area (Å²) in [6.45, 7) is 12.2. The van der Waals surface area contributed by atoms with Gasteiger partial charge in [0.15, 0.2) is 11.6 Å². The maximum absolute atomic E-state index is 13.8. The van der Waals surface area contributed by atoms with Crippen molar-refractivity contribution >= 4 is 22.9 Å². The Morgan fingerprint density at radius 1 is 1.13 bits per heavy atom. The summed E-state index contributed by atoms with van der Waals surface area (Å²) in [6.07, 6.45) is 4.52. The lowest BCUT2D eigenvalue weighted by atomic mass is 9.89. The summed E-state index contributed by atoms with van der Waals surface area (Å²) < 4.78 is 27.2. The van der Waals surface area contributed by atoms with E-state index in [1.807, 2.05) is 31.9 Å². The highest BCUT2D eigenvalue weighted by Gasteiger charge is 2.21. The molecule has 0 aliphatic heterocycles. The van der Waals surface area contributed by atoms with Gasteiger partial charge in [-0.15, -0.1) is 11.6 Å². The topological polar surface area (TPSA) is 3.24 Å². The second-order valence-electron chi connectivity index (χ2n) is 8.47. The molecule has 30 heavy (non-hydrogen) atoms. The van der Waals surface area contributed by atoms with Crippen molar-refractivity contribution in [3.8, 4) is 0 Å². The van der Waals surface area contributed by atoms with Crippen molar-refractivity contribution in [3.05, 3.63) is 83.5 Å². The van der Waals surface area contributed by atoms with E-state index >= 15 is 0 Å². The van der Waals surface area contributed by atoms with Crippen molar-refractivity contribution in [3.63, 3.8) is 0 Å². The van der Waals surface area contributed by atoms with E-state index in [2.05, 4.69) is 44.7 Å². The van der Waals surface area contributed by atoms with Crippen LogP contribution in [0.2, 0.25) is 0 Å². The van der Waals surface area contributed by atoms with Crippen LogP contribution in [0.15, 0.2) is 60.7 Å². The molecule has 0 amide bonds. The van der Waals surface area contributed by atoms with Crippen LogP contribution in [0.5, 0.6) is 0 Å². The van der Waals surface area contributed by atoms with Gasteiger partial charge < -0.3 is 4.90 Å². The zero-order valence-electron chi connectivity index (χ0n) is 18.6. The molecule has 0 heterocycles.